The summed E-state index contributed by atoms with van der Waals surface area (Å²) in [7, 11) is 0. The van der Waals surface area contributed by atoms with Gasteiger partial charge >= 0.3 is 0 Å². The van der Waals surface area contributed by atoms with E-state index in [2.05, 4.69) is 0 Å². The lowest BCUT2D eigenvalue weighted by molar-refractivity contribution is 0.470. The third kappa shape index (κ3) is 3.53. The summed E-state index contributed by atoms with van der Waals surface area (Å²) in [6.07, 6.45) is 1.98. The Morgan fingerprint density at radius 1 is 1.27 bits per heavy atom. The largest absolute Gasteiger partial charge is 0.508 e. The van der Waals surface area contributed by atoms with Crippen molar-refractivity contribution in [2.45, 2.75) is 19.8 Å². The Morgan fingerprint density at radius 2 is 1.93 bits per heavy atom. The molecule has 0 saturated heterocycles. The molecule has 0 atom stereocenters. The fraction of sp³-hybridized carbons (Fsp3) is 0.500. The second-order valence-corrected chi connectivity index (χ2v) is 4.00. The van der Waals surface area contributed by atoms with Gasteiger partial charge in [-0.2, -0.15) is 0 Å². The van der Waals surface area contributed by atoms with Crippen molar-refractivity contribution >= 4 is 0 Å². The summed E-state index contributed by atoms with van der Waals surface area (Å²) in [6, 6.07) is 5.70. The van der Waals surface area contributed by atoms with Crippen molar-refractivity contribution in [2.75, 3.05) is 13.1 Å². The summed E-state index contributed by atoms with van der Waals surface area (Å²) in [5.41, 5.74) is 13.3. The van der Waals surface area contributed by atoms with Gasteiger partial charge in [-0.3, -0.25) is 0 Å². The average Bonchev–Trinajstić information content (AvgIpc) is 2.24. The minimum absolute atomic E-state index is 0.355. The zero-order valence-electron chi connectivity index (χ0n) is 9.24. The van der Waals surface area contributed by atoms with Crippen LogP contribution in [0.25, 0.3) is 0 Å². The number of nitrogens with two attached hydrogens (primary N) is 2. The van der Waals surface area contributed by atoms with Crippen LogP contribution in [-0.2, 0) is 6.42 Å². The number of rotatable bonds is 5. The molecular weight excluding hydrogens is 188 g/mol. The number of hydrogen-bond acceptors (Lipinski definition) is 3. The highest BCUT2D eigenvalue weighted by molar-refractivity contribution is 5.34. The Hall–Kier alpha value is -1.06. The molecule has 0 saturated carbocycles. The van der Waals surface area contributed by atoms with Crippen LogP contribution in [0.3, 0.4) is 0 Å². The zero-order chi connectivity index (χ0) is 11.3. The van der Waals surface area contributed by atoms with Gasteiger partial charge in [-0.1, -0.05) is 12.1 Å². The Labute approximate surface area is 91.1 Å². The molecule has 0 radical (unpaired) electrons. The fourth-order valence-electron chi connectivity index (χ4n) is 1.58. The smallest absolute Gasteiger partial charge is 0.118 e. The Morgan fingerprint density at radius 3 is 2.47 bits per heavy atom. The molecule has 0 aliphatic rings. The van der Waals surface area contributed by atoms with Gasteiger partial charge < -0.3 is 16.6 Å². The van der Waals surface area contributed by atoms with E-state index in [9.17, 15) is 5.11 Å². The Balaban J connectivity index is 2.54. The standard InChI is InChI=1S/C12H20N2O/c1-9-6-10(4-5-12(9)15)2-3-11(7-13)8-14/h4-6,11,15H,2-3,7-8,13-14H2,1H3. The van der Waals surface area contributed by atoms with E-state index in [4.69, 9.17) is 11.5 Å². The van der Waals surface area contributed by atoms with Crippen LogP contribution in [0.4, 0.5) is 0 Å². The summed E-state index contributed by atoms with van der Waals surface area (Å²) in [5, 5.41) is 9.37. The van der Waals surface area contributed by atoms with Crippen LogP contribution in [-0.4, -0.2) is 18.2 Å². The van der Waals surface area contributed by atoms with Crippen LogP contribution in [0, 0.1) is 12.8 Å². The van der Waals surface area contributed by atoms with Crippen LogP contribution in [0.15, 0.2) is 18.2 Å². The van der Waals surface area contributed by atoms with E-state index in [1.807, 2.05) is 19.1 Å². The van der Waals surface area contributed by atoms with E-state index < -0.39 is 0 Å². The van der Waals surface area contributed by atoms with Crippen molar-refractivity contribution in [2.24, 2.45) is 17.4 Å². The summed E-state index contributed by atoms with van der Waals surface area (Å²) in [4.78, 5) is 0. The maximum atomic E-state index is 9.37. The molecule has 0 unspecified atom stereocenters. The van der Waals surface area contributed by atoms with E-state index >= 15 is 0 Å². The first kappa shape index (κ1) is 12.0. The number of aromatic hydroxyl groups is 1. The van der Waals surface area contributed by atoms with Gasteiger partial charge in [-0.25, -0.2) is 0 Å². The number of hydrogen-bond donors (Lipinski definition) is 3. The monoisotopic (exact) mass is 208 g/mol. The molecule has 15 heavy (non-hydrogen) atoms. The number of aryl methyl sites for hydroxylation is 2. The topological polar surface area (TPSA) is 72.3 Å². The number of phenols is 1. The van der Waals surface area contributed by atoms with Crippen molar-refractivity contribution in [3.63, 3.8) is 0 Å². The molecule has 1 aromatic carbocycles. The summed E-state index contributed by atoms with van der Waals surface area (Å²) < 4.78 is 0. The molecule has 0 aromatic heterocycles. The molecule has 3 heteroatoms. The van der Waals surface area contributed by atoms with Gasteiger partial charge in [0.15, 0.2) is 0 Å². The zero-order valence-corrected chi connectivity index (χ0v) is 9.24. The Kier molecular flexibility index (Phi) is 4.59. The van der Waals surface area contributed by atoms with Crippen molar-refractivity contribution < 1.29 is 5.11 Å². The van der Waals surface area contributed by atoms with Gasteiger partial charge in [-0.05, 0) is 56.0 Å². The third-order valence-electron chi connectivity index (χ3n) is 2.77. The summed E-state index contributed by atoms with van der Waals surface area (Å²) >= 11 is 0. The molecular formula is C12H20N2O. The lowest BCUT2D eigenvalue weighted by atomic mass is 9.98. The van der Waals surface area contributed by atoms with E-state index in [0.29, 0.717) is 24.8 Å². The van der Waals surface area contributed by atoms with Gasteiger partial charge in [0.2, 0.25) is 0 Å². The Bertz CT molecular complexity index is 308. The lowest BCUT2D eigenvalue weighted by Gasteiger charge is -2.12. The minimum Gasteiger partial charge on any atom is -0.508 e. The van der Waals surface area contributed by atoms with Gasteiger partial charge in [0.1, 0.15) is 5.75 Å². The van der Waals surface area contributed by atoms with Crippen molar-refractivity contribution in [1.82, 2.24) is 0 Å². The lowest BCUT2D eigenvalue weighted by Crippen LogP contribution is -2.23. The third-order valence-corrected chi connectivity index (χ3v) is 2.77. The van der Waals surface area contributed by atoms with Crippen LogP contribution >= 0.6 is 0 Å². The van der Waals surface area contributed by atoms with E-state index in [1.165, 1.54) is 5.56 Å². The molecule has 1 rings (SSSR count). The maximum Gasteiger partial charge on any atom is 0.118 e. The molecule has 0 bridgehead atoms. The van der Waals surface area contributed by atoms with Crippen LogP contribution in [0.5, 0.6) is 5.75 Å². The maximum absolute atomic E-state index is 9.37. The predicted octanol–water partition coefficient (Wildman–Crippen LogP) is 1.17. The molecule has 1 aromatic rings. The molecule has 0 heterocycles. The van der Waals surface area contributed by atoms with Crippen LogP contribution in [0.2, 0.25) is 0 Å². The molecule has 3 nitrogen and oxygen atoms in total. The second kappa shape index (κ2) is 5.73. The first-order valence-corrected chi connectivity index (χ1v) is 5.36. The van der Waals surface area contributed by atoms with Crippen molar-refractivity contribution in [3.05, 3.63) is 29.3 Å². The predicted molar refractivity (Wildman–Crippen MR) is 62.8 cm³/mol. The van der Waals surface area contributed by atoms with Gasteiger partial charge in [0.05, 0.1) is 0 Å². The number of benzene rings is 1. The quantitative estimate of drug-likeness (QED) is 0.680. The van der Waals surface area contributed by atoms with Gasteiger partial charge in [-0.15, -0.1) is 0 Å². The first-order chi connectivity index (χ1) is 7.17. The van der Waals surface area contributed by atoms with E-state index in [1.54, 1.807) is 6.07 Å². The second-order valence-electron chi connectivity index (χ2n) is 4.00. The van der Waals surface area contributed by atoms with Gasteiger partial charge in [0, 0.05) is 0 Å². The van der Waals surface area contributed by atoms with E-state index in [0.717, 1.165) is 18.4 Å². The highest BCUT2D eigenvalue weighted by atomic mass is 16.3. The molecule has 0 amide bonds. The molecule has 0 aliphatic carbocycles. The molecule has 5 N–H and O–H groups in total. The highest BCUT2D eigenvalue weighted by Crippen LogP contribution is 2.18. The van der Waals surface area contributed by atoms with Crippen molar-refractivity contribution in [3.8, 4) is 5.75 Å². The normalized spacial score (nSPS) is 10.9. The van der Waals surface area contributed by atoms with E-state index in [-0.39, 0.29) is 0 Å². The SMILES string of the molecule is Cc1cc(CCC(CN)CN)ccc1O. The summed E-state index contributed by atoms with van der Waals surface area (Å²) in [6.45, 7) is 3.20. The average molecular weight is 208 g/mol. The minimum atomic E-state index is 0.355. The van der Waals surface area contributed by atoms with Crippen molar-refractivity contribution in [1.29, 1.82) is 0 Å². The number of phenolic OH excluding ortho intramolecular Hbond substituents is 1. The van der Waals surface area contributed by atoms with Gasteiger partial charge in [0.25, 0.3) is 0 Å². The first-order valence-electron chi connectivity index (χ1n) is 5.36. The highest BCUT2D eigenvalue weighted by Gasteiger charge is 2.05. The summed E-state index contributed by atoms with van der Waals surface area (Å²) in [5.74, 6) is 0.757. The molecule has 0 spiro atoms. The van der Waals surface area contributed by atoms with Crippen LogP contribution < -0.4 is 11.5 Å². The fourth-order valence-corrected chi connectivity index (χ4v) is 1.58. The van der Waals surface area contributed by atoms with Crippen LogP contribution in [0.1, 0.15) is 17.5 Å². The molecule has 0 aliphatic heterocycles. The molecule has 0 fully saturated rings. The molecule has 84 valence electrons.